The highest BCUT2D eigenvalue weighted by atomic mass is 32.1. The number of nitrogens with zero attached hydrogens (tertiary/aromatic N) is 3. The number of aromatic nitrogens is 3. The summed E-state index contributed by atoms with van der Waals surface area (Å²) in [5.41, 5.74) is 1.31. The molecule has 0 saturated carbocycles. The Morgan fingerprint density at radius 2 is 1.82 bits per heavy atom. The minimum atomic E-state index is -0.307. The van der Waals surface area contributed by atoms with Crippen molar-refractivity contribution in [2.45, 2.75) is 19.8 Å². The molecule has 3 aromatic heterocycles. The molecular weight excluding hydrogens is 441 g/mol. The number of unbranched alkanes of at least 4 members (excludes halogenated alkanes) is 1. The first-order chi connectivity index (χ1) is 16.1. The van der Waals surface area contributed by atoms with Gasteiger partial charge in [0.15, 0.2) is 5.82 Å². The van der Waals surface area contributed by atoms with Gasteiger partial charge in [-0.2, -0.15) is 9.50 Å². The first-order valence-electron chi connectivity index (χ1n) is 10.6. The standard InChI is InChI=1S/C25H20FN3O3S/c1-2-3-14-31-19-10-6-17(7-11-19)23-27-25-29(28-23)24(30)22(33-25)15-20-12-13-21(32-20)16-4-8-18(26)9-5-16/h4-13,15H,2-3,14H2,1H3/b22-15-. The average molecular weight is 462 g/mol. The van der Waals surface area contributed by atoms with E-state index >= 15 is 0 Å². The minimum Gasteiger partial charge on any atom is -0.494 e. The minimum absolute atomic E-state index is 0.256. The van der Waals surface area contributed by atoms with E-state index in [1.54, 1.807) is 30.3 Å². The molecule has 8 heteroatoms. The van der Waals surface area contributed by atoms with Crippen LogP contribution in [0.25, 0.3) is 33.7 Å². The summed E-state index contributed by atoms with van der Waals surface area (Å²) >= 11 is 1.25. The third-order valence-corrected chi connectivity index (χ3v) is 6.05. The summed E-state index contributed by atoms with van der Waals surface area (Å²) in [6.07, 6.45) is 3.76. The van der Waals surface area contributed by atoms with Gasteiger partial charge in [0.05, 0.1) is 6.61 Å². The smallest absolute Gasteiger partial charge is 0.291 e. The molecule has 0 spiro atoms. The number of hydrogen-bond acceptors (Lipinski definition) is 6. The average Bonchev–Trinajstić information content (AvgIpc) is 3.53. The van der Waals surface area contributed by atoms with E-state index in [1.165, 1.54) is 28.0 Å². The predicted octanol–water partition coefficient (Wildman–Crippen LogP) is 4.94. The number of rotatable bonds is 7. The lowest BCUT2D eigenvalue weighted by Crippen LogP contribution is -2.23. The van der Waals surface area contributed by atoms with E-state index in [-0.39, 0.29) is 11.4 Å². The predicted molar refractivity (Wildman–Crippen MR) is 126 cm³/mol. The van der Waals surface area contributed by atoms with E-state index < -0.39 is 0 Å². The quantitative estimate of drug-likeness (QED) is 0.321. The Morgan fingerprint density at radius 1 is 1.06 bits per heavy atom. The summed E-state index contributed by atoms with van der Waals surface area (Å²) in [6, 6.07) is 17.1. The molecule has 0 fully saturated rings. The van der Waals surface area contributed by atoms with Crippen LogP contribution in [0, 0.1) is 5.82 Å². The monoisotopic (exact) mass is 461 g/mol. The summed E-state index contributed by atoms with van der Waals surface area (Å²) < 4.78 is 26.4. The molecule has 5 rings (SSSR count). The van der Waals surface area contributed by atoms with Gasteiger partial charge in [-0.15, -0.1) is 5.10 Å². The molecule has 0 N–H and O–H groups in total. The second-order valence-electron chi connectivity index (χ2n) is 7.48. The van der Waals surface area contributed by atoms with E-state index in [0.29, 0.717) is 33.4 Å². The van der Waals surface area contributed by atoms with Crippen molar-refractivity contribution in [3.63, 3.8) is 0 Å². The summed E-state index contributed by atoms with van der Waals surface area (Å²) in [5, 5.41) is 4.39. The molecule has 0 amide bonds. The molecule has 0 bridgehead atoms. The Balaban J connectivity index is 1.39. The zero-order valence-electron chi connectivity index (χ0n) is 17.8. The van der Waals surface area contributed by atoms with E-state index in [1.807, 2.05) is 24.3 Å². The van der Waals surface area contributed by atoms with Crippen LogP contribution in [-0.2, 0) is 0 Å². The highest BCUT2D eigenvalue weighted by Crippen LogP contribution is 2.23. The fourth-order valence-corrected chi connectivity index (χ4v) is 4.21. The molecule has 2 aromatic carbocycles. The van der Waals surface area contributed by atoms with Crippen molar-refractivity contribution in [2.75, 3.05) is 6.61 Å². The van der Waals surface area contributed by atoms with Crippen molar-refractivity contribution in [3.05, 3.63) is 87.1 Å². The van der Waals surface area contributed by atoms with Crippen LogP contribution in [0.3, 0.4) is 0 Å². The van der Waals surface area contributed by atoms with Gasteiger partial charge in [0.1, 0.15) is 27.6 Å². The molecule has 6 nitrogen and oxygen atoms in total. The largest absolute Gasteiger partial charge is 0.494 e. The number of halogens is 1. The Bertz CT molecular complexity index is 1500. The van der Waals surface area contributed by atoms with Gasteiger partial charge in [-0.25, -0.2) is 4.39 Å². The van der Waals surface area contributed by atoms with Crippen molar-refractivity contribution >= 4 is 22.4 Å². The van der Waals surface area contributed by atoms with Crippen molar-refractivity contribution in [3.8, 4) is 28.5 Å². The Morgan fingerprint density at radius 3 is 2.55 bits per heavy atom. The maximum Gasteiger partial charge on any atom is 0.291 e. The molecule has 0 aliphatic rings. The SMILES string of the molecule is CCCCOc1ccc(-c2nc3s/c(=C\c4ccc(-c5ccc(F)cc5)o4)c(=O)n3n2)cc1. The lowest BCUT2D eigenvalue weighted by Gasteiger charge is -2.05. The van der Waals surface area contributed by atoms with Gasteiger partial charge in [0, 0.05) is 17.2 Å². The maximum absolute atomic E-state index is 13.1. The molecule has 0 aliphatic heterocycles. The van der Waals surface area contributed by atoms with Crippen molar-refractivity contribution < 1.29 is 13.5 Å². The normalized spacial score (nSPS) is 12.0. The van der Waals surface area contributed by atoms with Crippen LogP contribution in [0.1, 0.15) is 25.5 Å². The molecule has 0 unspecified atom stereocenters. The fourth-order valence-electron chi connectivity index (χ4n) is 3.32. The molecule has 166 valence electrons. The van der Waals surface area contributed by atoms with Crippen molar-refractivity contribution in [1.29, 1.82) is 0 Å². The van der Waals surface area contributed by atoms with Crippen molar-refractivity contribution in [2.24, 2.45) is 0 Å². The number of furan rings is 1. The van der Waals surface area contributed by atoms with E-state index in [0.717, 1.165) is 29.7 Å². The molecule has 5 aromatic rings. The second kappa shape index (κ2) is 8.99. The number of thiazole rings is 1. The first kappa shape index (κ1) is 21.1. The van der Waals surface area contributed by atoms with E-state index in [2.05, 4.69) is 17.0 Å². The Kier molecular flexibility index (Phi) is 5.75. The molecule has 0 radical (unpaired) electrons. The van der Waals surface area contributed by atoms with Crippen LogP contribution < -0.4 is 14.8 Å². The van der Waals surface area contributed by atoms with Crippen molar-refractivity contribution in [1.82, 2.24) is 14.6 Å². The lowest BCUT2D eigenvalue weighted by atomic mass is 10.2. The third-order valence-electron chi connectivity index (χ3n) is 5.09. The Labute approximate surface area is 192 Å². The van der Waals surface area contributed by atoms with Gasteiger partial charge in [0.25, 0.3) is 5.56 Å². The van der Waals surface area contributed by atoms with Gasteiger partial charge in [-0.1, -0.05) is 24.7 Å². The number of fused-ring (bicyclic) bond motifs is 1. The molecule has 3 heterocycles. The zero-order chi connectivity index (χ0) is 22.8. The summed E-state index contributed by atoms with van der Waals surface area (Å²) in [6.45, 7) is 2.81. The summed E-state index contributed by atoms with van der Waals surface area (Å²) in [4.78, 5) is 17.9. The molecule has 33 heavy (non-hydrogen) atoms. The van der Waals surface area contributed by atoms with Gasteiger partial charge in [-0.3, -0.25) is 4.79 Å². The van der Waals surface area contributed by atoms with Crippen LogP contribution in [0.5, 0.6) is 5.75 Å². The molecular formula is C25H20FN3O3S. The fraction of sp³-hybridized carbons (Fsp3) is 0.160. The zero-order valence-corrected chi connectivity index (χ0v) is 18.6. The van der Waals surface area contributed by atoms with Gasteiger partial charge >= 0.3 is 0 Å². The van der Waals surface area contributed by atoms with Gasteiger partial charge in [0.2, 0.25) is 4.96 Å². The van der Waals surface area contributed by atoms with Gasteiger partial charge < -0.3 is 9.15 Å². The molecule has 0 atom stereocenters. The Hall–Kier alpha value is -3.78. The van der Waals surface area contributed by atoms with E-state index in [4.69, 9.17) is 9.15 Å². The van der Waals surface area contributed by atoms with Crippen LogP contribution in [-0.4, -0.2) is 21.2 Å². The molecule has 0 saturated heterocycles. The second-order valence-corrected chi connectivity index (χ2v) is 8.49. The van der Waals surface area contributed by atoms with Crippen LogP contribution in [0.4, 0.5) is 4.39 Å². The highest BCUT2D eigenvalue weighted by Gasteiger charge is 2.13. The lowest BCUT2D eigenvalue weighted by molar-refractivity contribution is 0.309. The number of hydrogen-bond donors (Lipinski definition) is 0. The number of ether oxygens (including phenoxy) is 1. The summed E-state index contributed by atoms with van der Waals surface area (Å²) in [5.74, 6) is 2.10. The van der Waals surface area contributed by atoms with E-state index in [9.17, 15) is 9.18 Å². The highest BCUT2D eigenvalue weighted by molar-refractivity contribution is 7.15. The first-order valence-corrected chi connectivity index (χ1v) is 11.4. The van der Waals surface area contributed by atoms with Crippen LogP contribution in [0.2, 0.25) is 0 Å². The summed E-state index contributed by atoms with van der Waals surface area (Å²) in [7, 11) is 0. The van der Waals surface area contributed by atoms with Crippen LogP contribution in [0.15, 0.2) is 69.9 Å². The molecule has 0 aliphatic carbocycles. The third kappa shape index (κ3) is 4.42. The topological polar surface area (TPSA) is 69.6 Å². The van der Waals surface area contributed by atoms with Gasteiger partial charge in [-0.05, 0) is 67.1 Å². The number of benzene rings is 2. The van der Waals surface area contributed by atoms with Crippen LogP contribution >= 0.6 is 11.3 Å². The maximum atomic E-state index is 13.1.